The molecular weight excluding hydrogens is 260 g/mol. The third-order valence-corrected chi connectivity index (χ3v) is 4.01. The van der Waals surface area contributed by atoms with Gasteiger partial charge in [-0.1, -0.05) is 0 Å². The van der Waals surface area contributed by atoms with Crippen LogP contribution in [0, 0.1) is 0 Å². The number of nitrogens with zero attached hydrogens (tertiary/aromatic N) is 5. The van der Waals surface area contributed by atoms with Gasteiger partial charge in [0.05, 0.1) is 18.1 Å². The van der Waals surface area contributed by atoms with Crippen molar-refractivity contribution in [3.63, 3.8) is 0 Å². The van der Waals surface area contributed by atoms with Gasteiger partial charge in [0.15, 0.2) is 5.13 Å². The second-order valence-corrected chi connectivity index (χ2v) is 5.38. The van der Waals surface area contributed by atoms with E-state index in [0.29, 0.717) is 5.82 Å². The summed E-state index contributed by atoms with van der Waals surface area (Å²) >= 11 is 1.70. The number of anilines is 2. The van der Waals surface area contributed by atoms with Crippen LogP contribution < -0.4 is 10.6 Å². The average Bonchev–Trinajstić information content (AvgIpc) is 2.96. The van der Waals surface area contributed by atoms with Gasteiger partial charge in [0, 0.05) is 44.3 Å². The van der Waals surface area contributed by atoms with Crippen molar-refractivity contribution in [3.05, 3.63) is 29.7 Å². The second kappa shape index (κ2) is 5.50. The third kappa shape index (κ3) is 2.99. The van der Waals surface area contributed by atoms with Crippen molar-refractivity contribution >= 4 is 22.3 Å². The van der Waals surface area contributed by atoms with E-state index in [4.69, 9.17) is 5.73 Å². The van der Waals surface area contributed by atoms with Gasteiger partial charge < -0.3 is 10.6 Å². The molecule has 2 aromatic rings. The highest BCUT2D eigenvalue weighted by molar-refractivity contribution is 7.13. The summed E-state index contributed by atoms with van der Waals surface area (Å²) in [7, 11) is 0. The van der Waals surface area contributed by atoms with Crippen LogP contribution in [0.2, 0.25) is 0 Å². The number of rotatable bonds is 3. The van der Waals surface area contributed by atoms with Gasteiger partial charge in [-0.25, -0.2) is 9.97 Å². The summed E-state index contributed by atoms with van der Waals surface area (Å²) in [6.45, 7) is 4.89. The lowest BCUT2D eigenvalue weighted by molar-refractivity contribution is 0.247. The van der Waals surface area contributed by atoms with E-state index in [1.807, 2.05) is 11.6 Å². The number of nitrogen functional groups attached to an aromatic ring is 1. The molecule has 1 saturated heterocycles. The summed E-state index contributed by atoms with van der Waals surface area (Å²) in [6, 6.07) is 0. The van der Waals surface area contributed by atoms with Crippen LogP contribution in [0.5, 0.6) is 0 Å². The van der Waals surface area contributed by atoms with Crippen LogP contribution in [-0.2, 0) is 6.54 Å². The molecule has 0 amide bonds. The Morgan fingerprint density at radius 2 is 1.95 bits per heavy atom. The maximum Gasteiger partial charge on any atom is 0.185 e. The lowest BCUT2D eigenvalue weighted by Gasteiger charge is -2.34. The smallest absolute Gasteiger partial charge is 0.185 e. The molecular formula is C12H16N6S. The minimum Gasteiger partial charge on any atom is -0.382 e. The fourth-order valence-corrected chi connectivity index (χ4v) is 2.84. The monoisotopic (exact) mass is 276 g/mol. The van der Waals surface area contributed by atoms with E-state index >= 15 is 0 Å². The topological polar surface area (TPSA) is 71.2 Å². The van der Waals surface area contributed by atoms with Gasteiger partial charge in [-0.2, -0.15) is 0 Å². The number of aromatic nitrogens is 3. The first-order chi connectivity index (χ1) is 9.31. The van der Waals surface area contributed by atoms with E-state index in [-0.39, 0.29) is 0 Å². The molecule has 0 spiro atoms. The molecule has 1 fully saturated rings. The summed E-state index contributed by atoms with van der Waals surface area (Å²) in [4.78, 5) is 17.4. The zero-order valence-electron chi connectivity index (χ0n) is 10.6. The van der Waals surface area contributed by atoms with Crippen molar-refractivity contribution in [3.8, 4) is 0 Å². The molecule has 3 heterocycles. The Hall–Kier alpha value is -1.73. The minimum atomic E-state index is 0.470. The zero-order chi connectivity index (χ0) is 13.1. The van der Waals surface area contributed by atoms with Crippen LogP contribution in [0.4, 0.5) is 10.9 Å². The molecule has 0 radical (unpaired) electrons. The highest BCUT2D eigenvalue weighted by Gasteiger charge is 2.18. The number of thiazole rings is 1. The lowest BCUT2D eigenvalue weighted by Crippen LogP contribution is -2.46. The van der Waals surface area contributed by atoms with Gasteiger partial charge in [0.2, 0.25) is 0 Å². The Morgan fingerprint density at radius 3 is 2.58 bits per heavy atom. The van der Waals surface area contributed by atoms with E-state index in [1.54, 1.807) is 23.7 Å². The standard InChI is InChI=1S/C12H16N6S/c13-11-8-15-10(7-16-11)9-17-2-4-18(5-3-17)12-14-1-6-19-12/h1,6-8H,2-5,9H2,(H2,13,16). The first kappa shape index (κ1) is 12.3. The molecule has 19 heavy (non-hydrogen) atoms. The van der Waals surface area contributed by atoms with Crippen LogP contribution in [0.1, 0.15) is 5.69 Å². The molecule has 2 N–H and O–H groups in total. The first-order valence-electron chi connectivity index (χ1n) is 6.24. The maximum atomic E-state index is 5.53. The number of piperazine rings is 1. The van der Waals surface area contributed by atoms with E-state index in [1.165, 1.54) is 0 Å². The van der Waals surface area contributed by atoms with Gasteiger partial charge >= 0.3 is 0 Å². The van der Waals surface area contributed by atoms with E-state index < -0.39 is 0 Å². The maximum absolute atomic E-state index is 5.53. The van der Waals surface area contributed by atoms with Crippen LogP contribution >= 0.6 is 11.3 Å². The first-order valence-corrected chi connectivity index (χ1v) is 7.12. The molecule has 3 rings (SSSR count). The van der Waals surface area contributed by atoms with Gasteiger partial charge in [0.25, 0.3) is 0 Å². The molecule has 2 aromatic heterocycles. The Labute approximate surface area is 115 Å². The zero-order valence-corrected chi connectivity index (χ0v) is 11.4. The molecule has 7 heteroatoms. The van der Waals surface area contributed by atoms with Crippen molar-refractivity contribution in [2.24, 2.45) is 0 Å². The SMILES string of the molecule is Nc1cnc(CN2CCN(c3nccs3)CC2)cn1. The van der Waals surface area contributed by atoms with Gasteiger partial charge in [-0.3, -0.25) is 9.88 Å². The van der Waals surface area contributed by atoms with Crippen molar-refractivity contribution in [2.75, 3.05) is 36.8 Å². The number of hydrogen-bond acceptors (Lipinski definition) is 7. The summed E-state index contributed by atoms with van der Waals surface area (Å²) in [5.74, 6) is 0.470. The fraction of sp³-hybridized carbons (Fsp3) is 0.417. The molecule has 100 valence electrons. The highest BCUT2D eigenvalue weighted by atomic mass is 32.1. The summed E-state index contributed by atoms with van der Waals surface area (Å²) in [6.07, 6.45) is 5.22. The normalized spacial score (nSPS) is 16.7. The second-order valence-electron chi connectivity index (χ2n) is 4.51. The molecule has 0 aliphatic carbocycles. The molecule has 0 saturated carbocycles. The minimum absolute atomic E-state index is 0.470. The average molecular weight is 276 g/mol. The Morgan fingerprint density at radius 1 is 1.11 bits per heavy atom. The highest BCUT2D eigenvalue weighted by Crippen LogP contribution is 2.19. The molecule has 0 aromatic carbocycles. The quantitative estimate of drug-likeness (QED) is 0.895. The molecule has 0 atom stereocenters. The fourth-order valence-electron chi connectivity index (χ4n) is 2.14. The van der Waals surface area contributed by atoms with E-state index in [2.05, 4.69) is 24.8 Å². The van der Waals surface area contributed by atoms with E-state index in [0.717, 1.165) is 43.5 Å². The van der Waals surface area contributed by atoms with Crippen molar-refractivity contribution in [2.45, 2.75) is 6.54 Å². The Bertz CT molecular complexity index is 504. The molecule has 1 aliphatic rings. The predicted molar refractivity (Wildman–Crippen MR) is 76.0 cm³/mol. The molecule has 0 bridgehead atoms. The summed E-state index contributed by atoms with van der Waals surface area (Å²) in [5, 5.41) is 3.14. The van der Waals surface area contributed by atoms with Crippen LogP contribution in [0.15, 0.2) is 24.0 Å². The van der Waals surface area contributed by atoms with Crippen LogP contribution in [0.3, 0.4) is 0 Å². The van der Waals surface area contributed by atoms with Gasteiger partial charge in [-0.15, -0.1) is 11.3 Å². The third-order valence-electron chi connectivity index (χ3n) is 3.17. The largest absolute Gasteiger partial charge is 0.382 e. The Balaban J connectivity index is 1.54. The summed E-state index contributed by atoms with van der Waals surface area (Å²) < 4.78 is 0. The molecule has 0 unspecified atom stereocenters. The predicted octanol–water partition coefficient (Wildman–Crippen LogP) is 0.837. The van der Waals surface area contributed by atoms with Crippen molar-refractivity contribution in [1.82, 2.24) is 19.9 Å². The van der Waals surface area contributed by atoms with Crippen LogP contribution in [0.25, 0.3) is 0 Å². The van der Waals surface area contributed by atoms with Crippen molar-refractivity contribution in [1.29, 1.82) is 0 Å². The molecule has 1 aliphatic heterocycles. The molecule has 6 nitrogen and oxygen atoms in total. The van der Waals surface area contributed by atoms with Crippen LogP contribution in [-0.4, -0.2) is 46.0 Å². The van der Waals surface area contributed by atoms with Gasteiger partial charge in [-0.05, 0) is 0 Å². The Kier molecular flexibility index (Phi) is 3.56. The summed E-state index contributed by atoms with van der Waals surface area (Å²) in [5.41, 5.74) is 6.50. The van der Waals surface area contributed by atoms with E-state index in [9.17, 15) is 0 Å². The number of hydrogen-bond donors (Lipinski definition) is 1. The van der Waals surface area contributed by atoms with Crippen molar-refractivity contribution < 1.29 is 0 Å². The number of nitrogens with two attached hydrogens (primary N) is 1. The lowest BCUT2D eigenvalue weighted by atomic mass is 10.3. The van der Waals surface area contributed by atoms with Gasteiger partial charge in [0.1, 0.15) is 5.82 Å².